The normalized spacial score (nSPS) is 12.0. The lowest BCUT2D eigenvalue weighted by molar-refractivity contribution is -0.133. The smallest absolute Gasteiger partial charge is 0.345 e. The summed E-state index contributed by atoms with van der Waals surface area (Å²) in [7, 11) is 0. The third-order valence-electron chi connectivity index (χ3n) is 4.39. The highest BCUT2D eigenvalue weighted by Gasteiger charge is 2.37. The maximum Gasteiger partial charge on any atom is 0.426 e. The van der Waals surface area contributed by atoms with Crippen LogP contribution in [0, 0.1) is 0 Å². The maximum absolute atomic E-state index is 13.6. The van der Waals surface area contributed by atoms with Crippen LogP contribution in [0.25, 0.3) is 44.3 Å². The lowest BCUT2D eigenvalue weighted by atomic mass is 10.1. The number of benzene rings is 2. The van der Waals surface area contributed by atoms with E-state index in [-0.39, 0.29) is 22.2 Å². The van der Waals surface area contributed by atoms with Crippen molar-refractivity contribution in [3.63, 3.8) is 0 Å². The molecular formula is C20H11F3N4OS. The fourth-order valence-corrected chi connectivity index (χ4v) is 4.02. The predicted molar refractivity (Wildman–Crippen MR) is 103 cm³/mol. The fraction of sp³-hybridized carbons (Fsp3) is 0.0500. The Kier molecular flexibility index (Phi) is 3.99. The summed E-state index contributed by atoms with van der Waals surface area (Å²) in [5, 5.41) is 3.93. The van der Waals surface area contributed by atoms with Crippen molar-refractivity contribution in [2.75, 3.05) is 0 Å². The van der Waals surface area contributed by atoms with E-state index in [1.54, 1.807) is 48.8 Å². The second-order valence-corrected chi connectivity index (χ2v) is 7.33. The van der Waals surface area contributed by atoms with Gasteiger partial charge in [-0.15, -0.1) is 11.3 Å². The highest BCUT2D eigenvalue weighted by Crippen LogP contribution is 2.45. The molecule has 144 valence electrons. The molecule has 3 aromatic heterocycles. The number of thiophene rings is 1. The Morgan fingerprint density at radius 3 is 2.59 bits per heavy atom. The van der Waals surface area contributed by atoms with Gasteiger partial charge in [0.2, 0.25) is 5.82 Å². The van der Waals surface area contributed by atoms with Crippen molar-refractivity contribution in [3.05, 3.63) is 65.8 Å². The van der Waals surface area contributed by atoms with Crippen molar-refractivity contribution in [2.24, 2.45) is 0 Å². The summed E-state index contributed by atoms with van der Waals surface area (Å²) in [6.45, 7) is 0. The van der Waals surface area contributed by atoms with Crippen LogP contribution in [-0.2, 0) is 6.18 Å². The Balaban J connectivity index is 1.57. The topological polar surface area (TPSA) is 67.6 Å². The lowest BCUT2D eigenvalue weighted by Gasteiger charge is -2.07. The Morgan fingerprint density at radius 1 is 0.966 bits per heavy atom. The molecule has 0 unspecified atom stereocenters. The maximum atomic E-state index is 13.6. The highest BCUT2D eigenvalue weighted by atomic mass is 32.1. The molecule has 5 nitrogen and oxygen atoms in total. The van der Waals surface area contributed by atoms with E-state index >= 15 is 0 Å². The first-order valence-corrected chi connectivity index (χ1v) is 9.35. The minimum atomic E-state index is -4.48. The number of halogens is 3. The third-order valence-corrected chi connectivity index (χ3v) is 5.56. The first kappa shape index (κ1) is 17.6. The van der Waals surface area contributed by atoms with Gasteiger partial charge in [-0.2, -0.15) is 18.2 Å². The number of hydrogen-bond acceptors (Lipinski definition) is 5. The van der Waals surface area contributed by atoms with E-state index in [0.29, 0.717) is 22.5 Å². The molecule has 0 aliphatic rings. The van der Waals surface area contributed by atoms with E-state index in [4.69, 9.17) is 4.52 Å². The van der Waals surface area contributed by atoms with Crippen LogP contribution >= 0.6 is 11.3 Å². The Morgan fingerprint density at radius 2 is 1.79 bits per heavy atom. The molecule has 5 aromatic rings. The Bertz CT molecular complexity index is 1300. The van der Waals surface area contributed by atoms with Crippen molar-refractivity contribution >= 4 is 22.4 Å². The van der Waals surface area contributed by atoms with Crippen LogP contribution in [0.2, 0.25) is 0 Å². The standard InChI is InChI=1S/C20H11F3N4OS/c21-20(22,23)17-13(11-4-2-1-3-5-11)9-16(29-17)19-26-18(27-28-19)12-6-7-14-15(8-12)25-10-24-14/h1-10H,(H,24,25). The number of nitrogens with one attached hydrogen (secondary N) is 1. The molecule has 0 radical (unpaired) electrons. The molecular weight excluding hydrogens is 401 g/mol. The lowest BCUT2D eigenvalue weighted by Crippen LogP contribution is -2.03. The first-order chi connectivity index (χ1) is 14.0. The van der Waals surface area contributed by atoms with Gasteiger partial charge in [-0.3, -0.25) is 0 Å². The molecule has 0 bridgehead atoms. The molecule has 0 spiro atoms. The van der Waals surface area contributed by atoms with Gasteiger partial charge in [-0.25, -0.2) is 4.98 Å². The second-order valence-electron chi connectivity index (χ2n) is 6.27. The van der Waals surface area contributed by atoms with Crippen LogP contribution in [0.1, 0.15) is 4.88 Å². The number of aromatic amines is 1. The van der Waals surface area contributed by atoms with Gasteiger partial charge in [-0.05, 0) is 29.8 Å². The zero-order valence-electron chi connectivity index (χ0n) is 14.6. The van der Waals surface area contributed by atoms with E-state index in [2.05, 4.69) is 20.1 Å². The average molecular weight is 412 g/mol. The Labute approximate surface area is 165 Å². The molecule has 5 rings (SSSR count). The first-order valence-electron chi connectivity index (χ1n) is 8.53. The molecule has 0 saturated heterocycles. The summed E-state index contributed by atoms with van der Waals surface area (Å²) in [6, 6.07) is 15.3. The summed E-state index contributed by atoms with van der Waals surface area (Å²) in [6.07, 6.45) is -2.91. The predicted octanol–water partition coefficient (Wildman–Crippen LogP) is 6.03. The van der Waals surface area contributed by atoms with Gasteiger partial charge < -0.3 is 9.51 Å². The molecule has 3 heterocycles. The van der Waals surface area contributed by atoms with Crippen LogP contribution in [0.15, 0.2) is 65.4 Å². The molecule has 1 N–H and O–H groups in total. The van der Waals surface area contributed by atoms with Crippen LogP contribution in [0.4, 0.5) is 13.2 Å². The monoisotopic (exact) mass is 412 g/mol. The number of imidazole rings is 1. The molecule has 0 atom stereocenters. The molecule has 9 heteroatoms. The van der Waals surface area contributed by atoms with E-state index in [9.17, 15) is 13.2 Å². The van der Waals surface area contributed by atoms with Gasteiger partial charge in [0.1, 0.15) is 4.88 Å². The molecule has 0 aliphatic heterocycles. The van der Waals surface area contributed by atoms with Gasteiger partial charge in [0.05, 0.1) is 22.2 Å². The molecule has 0 fully saturated rings. The zero-order valence-corrected chi connectivity index (χ0v) is 15.4. The number of nitrogens with zero attached hydrogens (tertiary/aromatic N) is 3. The van der Waals surface area contributed by atoms with Crippen molar-refractivity contribution in [1.82, 2.24) is 20.1 Å². The minimum absolute atomic E-state index is 0.0415. The van der Waals surface area contributed by atoms with Crippen LogP contribution in [0.5, 0.6) is 0 Å². The third kappa shape index (κ3) is 3.19. The summed E-state index contributed by atoms with van der Waals surface area (Å²) >= 11 is 0.588. The van der Waals surface area contributed by atoms with E-state index in [1.165, 1.54) is 6.07 Å². The zero-order chi connectivity index (χ0) is 20.0. The highest BCUT2D eigenvalue weighted by molar-refractivity contribution is 7.16. The molecule has 0 saturated carbocycles. The SMILES string of the molecule is FC(F)(F)c1sc(-c2nc(-c3ccc4[nH]cnc4c3)no2)cc1-c1ccccc1. The second kappa shape index (κ2) is 6.56. The number of aromatic nitrogens is 4. The average Bonchev–Trinajstić information content (AvgIpc) is 3.45. The van der Waals surface area contributed by atoms with Gasteiger partial charge >= 0.3 is 6.18 Å². The quantitative estimate of drug-likeness (QED) is 0.393. The summed E-state index contributed by atoms with van der Waals surface area (Å²) in [4.78, 5) is 11.0. The van der Waals surface area contributed by atoms with Gasteiger partial charge in [0.15, 0.2) is 0 Å². The summed E-state index contributed by atoms with van der Waals surface area (Å²) < 4.78 is 46.0. The molecule has 0 amide bonds. The minimum Gasteiger partial charge on any atom is -0.345 e. The largest absolute Gasteiger partial charge is 0.426 e. The van der Waals surface area contributed by atoms with E-state index < -0.39 is 11.1 Å². The summed E-state index contributed by atoms with van der Waals surface area (Å²) in [5.74, 6) is 0.327. The number of H-pyrrole nitrogens is 1. The summed E-state index contributed by atoms with van der Waals surface area (Å²) in [5.41, 5.74) is 2.83. The van der Waals surface area contributed by atoms with Crippen LogP contribution < -0.4 is 0 Å². The van der Waals surface area contributed by atoms with E-state index in [1.807, 2.05) is 6.07 Å². The van der Waals surface area contributed by atoms with Crippen molar-refractivity contribution in [2.45, 2.75) is 6.18 Å². The van der Waals surface area contributed by atoms with Crippen molar-refractivity contribution in [3.8, 4) is 33.3 Å². The van der Waals surface area contributed by atoms with Gasteiger partial charge in [-0.1, -0.05) is 35.5 Å². The van der Waals surface area contributed by atoms with Gasteiger partial charge in [0.25, 0.3) is 5.89 Å². The number of fused-ring (bicyclic) bond motifs is 1. The van der Waals surface area contributed by atoms with Crippen molar-refractivity contribution < 1.29 is 17.7 Å². The number of hydrogen-bond donors (Lipinski definition) is 1. The number of rotatable bonds is 3. The Hall–Kier alpha value is -3.46. The fourth-order valence-electron chi connectivity index (χ4n) is 3.05. The van der Waals surface area contributed by atoms with Gasteiger partial charge in [0, 0.05) is 11.1 Å². The van der Waals surface area contributed by atoms with Crippen molar-refractivity contribution in [1.29, 1.82) is 0 Å². The molecule has 0 aliphatic carbocycles. The molecule has 2 aromatic carbocycles. The van der Waals surface area contributed by atoms with Crippen LogP contribution in [-0.4, -0.2) is 20.1 Å². The number of alkyl halides is 3. The van der Waals surface area contributed by atoms with Crippen LogP contribution in [0.3, 0.4) is 0 Å². The van der Waals surface area contributed by atoms with E-state index in [0.717, 1.165) is 11.0 Å². The molecule has 29 heavy (non-hydrogen) atoms.